The Labute approximate surface area is 150 Å². The van der Waals surface area contributed by atoms with Crippen LogP contribution in [0.15, 0.2) is 4.21 Å². The van der Waals surface area contributed by atoms with Gasteiger partial charge in [0, 0.05) is 0 Å². The van der Waals surface area contributed by atoms with Crippen LogP contribution in [-0.2, 0) is 19.5 Å². The summed E-state index contributed by atoms with van der Waals surface area (Å²) in [6.07, 6.45) is 0. The van der Waals surface area contributed by atoms with Crippen molar-refractivity contribution in [3.8, 4) is 6.07 Å². The van der Waals surface area contributed by atoms with Gasteiger partial charge in [-0.3, -0.25) is 0 Å². The predicted octanol–water partition coefficient (Wildman–Crippen LogP) is 1.85. The van der Waals surface area contributed by atoms with E-state index in [2.05, 4.69) is 14.2 Å². The number of nitriles is 1. The fourth-order valence-electron chi connectivity index (χ4n) is 1.90. The zero-order valence-electron chi connectivity index (χ0n) is 14.8. The van der Waals surface area contributed by atoms with Crippen LogP contribution in [0.5, 0.6) is 0 Å². The molecular weight excluding hydrogens is 368 g/mol. The molecule has 25 heavy (non-hydrogen) atoms. The number of rotatable bonds is 6. The summed E-state index contributed by atoms with van der Waals surface area (Å²) < 4.78 is 36.8. The summed E-state index contributed by atoms with van der Waals surface area (Å²) in [5, 5.41) is 9.34. The summed E-state index contributed by atoms with van der Waals surface area (Å²) in [4.78, 5) is 23.9. The van der Waals surface area contributed by atoms with Gasteiger partial charge >= 0.3 is 11.9 Å². The number of ether oxygens (including phenoxy) is 2. The van der Waals surface area contributed by atoms with Crippen molar-refractivity contribution in [2.45, 2.75) is 37.4 Å². The first-order valence-corrected chi connectivity index (χ1v) is 9.50. The first-order valence-electron chi connectivity index (χ1n) is 7.20. The third-order valence-corrected chi connectivity index (χ3v) is 7.21. The maximum atomic E-state index is 12.8. The Kier molecular flexibility index (Phi) is 6.33. The lowest BCUT2D eigenvalue weighted by atomic mass is 9.92. The van der Waals surface area contributed by atoms with Crippen LogP contribution in [0, 0.1) is 24.2 Å². The minimum absolute atomic E-state index is 0.0218. The number of thiophene rings is 1. The molecule has 0 aromatic carbocycles. The van der Waals surface area contributed by atoms with Crippen molar-refractivity contribution in [2.24, 2.45) is 5.92 Å². The van der Waals surface area contributed by atoms with E-state index in [1.54, 1.807) is 13.8 Å². The van der Waals surface area contributed by atoms with Crippen LogP contribution in [0.1, 0.15) is 46.4 Å². The van der Waals surface area contributed by atoms with Gasteiger partial charge in [-0.15, -0.1) is 11.3 Å². The number of hydrogen-bond acceptors (Lipinski definition) is 8. The number of methoxy groups -OCH3 is 2. The summed E-state index contributed by atoms with van der Waals surface area (Å²) in [6, 6.07) is 1.93. The molecule has 1 heterocycles. The van der Waals surface area contributed by atoms with Crippen molar-refractivity contribution in [3.63, 3.8) is 0 Å². The SMILES string of the molecule is COC(=O)c1sc(S(=O)(=O)N[C@@](C)(C#N)C(C)C)c(C(=O)OC)c1C. The predicted molar refractivity (Wildman–Crippen MR) is 90.9 cm³/mol. The second-order valence-electron chi connectivity index (χ2n) is 5.78. The molecule has 1 aromatic rings. The maximum absolute atomic E-state index is 12.8. The highest BCUT2D eigenvalue weighted by Crippen LogP contribution is 2.34. The van der Waals surface area contributed by atoms with Gasteiger partial charge in [0.15, 0.2) is 4.21 Å². The Morgan fingerprint density at radius 2 is 1.76 bits per heavy atom. The molecule has 0 aliphatic heterocycles. The second-order valence-corrected chi connectivity index (χ2v) is 8.67. The molecule has 0 aliphatic carbocycles. The first-order chi connectivity index (χ1) is 11.4. The molecule has 0 aliphatic rings. The fraction of sp³-hybridized carbons (Fsp3) is 0.533. The van der Waals surface area contributed by atoms with E-state index < -0.39 is 27.5 Å². The van der Waals surface area contributed by atoms with Gasteiger partial charge in [-0.2, -0.15) is 9.98 Å². The smallest absolute Gasteiger partial charge is 0.348 e. The largest absolute Gasteiger partial charge is 0.465 e. The topological polar surface area (TPSA) is 123 Å². The van der Waals surface area contributed by atoms with Crippen LogP contribution in [-0.4, -0.2) is 40.1 Å². The van der Waals surface area contributed by atoms with Gasteiger partial charge in [0.1, 0.15) is 10.4 Å². The Morgan fingerprint density at radius 1 is 1.24 bits per heavy atom. The molecule has 0 saturated carbocycles. The van der Waals surface area contributed by atoms with Gasteiger partial charge < -0.3 is 9.47 Å². The molecule has 1 aromatic heterocycles. The lowest BCUT2D eigenvalue weighted by molar-refractivity contribution is 0.0596. The molecule has 0 saturated heterocycles. The molecule has 0 amide bonds. The standard InChI is InChI=1S/C15H20N2O6S2/c1-8(2)15(4,7-16)17-25(20,21)14-10(12(18)22-5)9(3)11(24-14)13(19)23-6/h8,17H,1-6H3/t15-/m0/s1. The monoisotopic (exact) mass is 388 g/mol. The summed E-state index contributed by atoms with van der Waals surface area (Å²) in [5.41, 5.74) is -1.49. The minimum atomic E-state index is -4.27. The van der Waals surface area contributed by atoms with E-state index in [0.717, 1.165) is 14.2 Å². The molecule has 1 rings (SSSR count). The molecular formula is C15H20N2O6S2. The first kappa shape index (κ1) is 21.1. The molecule has 0 fully saturated rings. The number of esters is 2. The Bertz CT molecular complexity index is 835. The van der Waals surface area contributed by atoms with Crippen LogP contribution in [0.3, 0.4) is 0 Å². The van der Waals surface area contributed by atoms with Gasteiger partial charge in [-0.05, 0) is 25.3 Å². The minimum Gasteiger partial charge on any atom is -0.465 e. The van der Waals surface area contributed by atoms with Crippen molar-refractivity contribution < 1.29 is 27.5 Å². The number of nitrogens with one attached hydrogen (secondary N) is 1. The Balaban J connectivity index is 3.62. The molecule has 0 spiro atoms. The van der Waals surface area contributed by atoms with E-state index >= 15 is 0 Å². The van der Waals surface area contributed by atoms with Gasteiger partial charge in [-0.25, -0.2) is 18.0 Å². The Morgan fingerprint density at radius 3 is 2.16 bits per heavy atom. The van der Waals surface area contributed by atoms with Crippen molar-refractivity contribution >= 4 is 33.3 Å². The lowest BCUT2D eigenvalue weighted by Gasteiger charge is -2.26. The van der Waals surface area contributed by atoms with Crippen molar-refractivity contribution in [1.82, 2.24) is 4.72 Å². The highest BCUT2D eigenvalue weighted by atomic mass is 32.2. The quantitative estimate of drug-likeness (QED) is 0.738. The van der Waals surface area contributed by atoms with Gasteiger partial charge in [-0.1, -0.05) is 13.8 Å². The average Bonchev–Trinajstić information content (AvgIpc) is 2.91. The molecule has 0 bridgehead atoms. The molecule has 138 valence electrons. The normalized spacial score (nSPS) is 13.8. The maximum Gasteiger partial charge on any atom is 0.348 e. The van der Waals surface area contributed by atoms with Crippen LogP contribution in [0.25, 0.3) is 0 Å². The van der Waals surface area contributed by atoms with E-state index in [1.807, 2.05) is 6.07 Å². The van der Waals surface area contributed by atoms with E-state index in [4.69, 9.17) is 0 Å². The molecule has 10 heteroatoms. The third kappa shape index (κ3) is 4.00. The molecule has 0 unspecified atom stereocenters. The van der Waals surface area contributed by atoms with E-state index in [0.29, 0.717) is 11.3 Å². The van der Waals surface area contributed by atoms with Crippen molar-refractivity contribution in [2.75, 3.05) is 14.2 Å². The van der Waals surface area contributed by atoms with Crippen LogP contribution < -0.4 is 4.72 Å². The molecule has 1 atom stereocenters. The number of carbonyl (C=O) groups excluding carboxylic acids is 2. The van der Waals surface area contributed by atoms with Gasteiger partial charge in [0.05, 0.1) is 25.9 Å². The van der Waals surface area contributed by atoms with Crippen LogP contribution in [0.4, 0.5) is 0 Å². The summed E-state index contributed by atoms with van der Waals surface area (Å²) in [5.74, 6) is -2.00. The van der Waals surface area contributed by atoms with E-state index in [9.17, 15) is 23.3 Å². The highest BCUT2D eigenvalue weighted by molar-refractivity contribution is 7.91. The third-order valence-electron chi connectivity index (χ3n) is 3.85. The zero-order chi connectivity index (χ0) is 19.6. The fourth-order valence-corrected chi connectivity index (χ4v) is 5.09. The Hall–Kier alpha value is -1.96. The van der Waals surface area contributed by atoms with Crippen molar-refractivity contribution in [1.29, 1.82) is 5.26 Å². The van der Waals surface area contributed by atoms with E-state index in [-0.39, 0.29) is 26.1 Å². The number of hydrogen-bond donors (Lipinski definition) is 1. The van der Waals surface area contributed by atoms with Crippen LogP contribution >= 0.6 is 11.3 Å². The van der Waals surface area contributed by atoms with Gasteiger partial charge in [0.2, 0.25) is 0 Å². The number of sulfonamides is 1. The molecule has 1 N–H and O–H groups in total. The second kappa shape index (κ2) is 7.51. The highest BCUT2D eigenvalue weighted by Gasteiger charge is 2.38. The summed E-state index contributed by atoms with van der Waals surface area (Å²) in [6.45, 7) is 6.24. The van der Waals surface area contributed by atoms with Gasteiger partial charge in [0.25, 0.3) is 10.0 Å². The van der Waals surface area contributed by atoms with Crippen molar-refractivity contribution in [3.05, 3.63) is 16.0 Å². The lowest BCUT2D eigenvalue weighted by Crippen LogP contribution is -2.48. The summed E-state index contributed by atoms with van der Waals surface area (Å²) >= 11 is 0.597. The van der Waals surface area contributed by atoms with E-state index in [1.165, 1.54) is 13.8 Å². The average molecular weight is 388 g/mol. The zero-order valence-corrected chi connectivity index (χ0v) is 16.4. The molecule has 8 nitrogen and oxygen atoms in total. The number of nitrogens with zero attached hydrogens (tertiary/aromatic N) is 1. The molecule has 0 radical (unpaired) electrons. The summed E-state index contributed by atoms with van der Waals surface area (Å²) in [7, 11) is -2.01. The van der Waals surface area contributed by atoms with Crippen LogP contribution in [0.2, 0.25) is 0 Å². The number of carbonyl (C=O) groups is 2.